The Bertz CT molecular complexity index is 835. The Labute approximate surface area is 165 Å². The fraction of sp³-hybridized carbons (Fsp3) is 0.455. The zero-order chi connectivity index (χ0) is 20.3. The quantitative estimate of drug-likeness (QED) is 0.700. The summed E-state index contributed by atoms with van der Waals surface area (Å²) in [5, 5.41) is 0. The number of anilines is 1. The van der Waals surface area contributed by atoms with E-state index < -0.39 is 5.60 Å². The van der Waals surface area contributed by atoms with E-state index >= 15 is 0 Å². The third-order valence-corrected chi connectivity index (χ3v) is 4.64. The first-order chi connectivity index (χ1) is 13.3. The molecular formula is C22H27NO5. The lowest BCUT2D eigenvalue weighted by Crippen LogP contribution is -2.35. The molecule has 0 fully saturated rings. The van der Waals surface area contributed by atoms with Gasteiger partial charge < -0.3 is 13.9 Å². The van der Waals surface area contributed by atoms with E-state index in [1.165, 1.54) is 0 Å². The first kappa shape index (κ1) is 20.0. The molecule has 0 radical (unpaired) electrons. The summed E-state index contributed by atoms with van der Waals surface area (Å²) in [6.07, 6.45) is 3.91. The molecule has 1 aliphatic heterocycles. The molecule has 2 aromatic rings. The van der Waals surface area contributed by atoms with E-state index in [-0.39, 0.29) is 24.4 Å². The van der Waals surface area contributed by atoms with Crippen molar-refractivity contribution < 1.29 is 23.5 Å². The van der Waals surface area contributed by atoms with Crippen molar-refractivity contribution in [1.82, 2.24) is 0 Å². The SMILES string of the molecule is CCOC(=O)CC(c1ccoc1)c1ccc2c(c1)CCN2C(=O)OC(C)(C)C. The molecule has 1 unspecified atom stereocenters. The van der Waals surface area contributed by atoms with Crippen molar-refractivity contribution in [2.24, 2.45) is 0 Å². The predicted molar refractivity (Wildman–Crippen MR) is 106 cm³/mol. The van der Waals surface area contributed by atoms with E-state index in [2.05, 4.69) is 6.07 Å². The van der Waals surface area contributed by atoms with Gasteiger partial charge in [0.15, 0.2) is 0 Å². The van der Waals surface area contributed by atoms with E-state index in [9.17, 15) is 9.59 Å². The van der Waals surface area contributed by atoms with Crippen molar-refractivity contribution in [3.63, 3.8) is 0 Å². The number of carbonyl (C=O) groups excluding carboxylic acids is 2. The molecule has 6 heteroatoms. The highest BCUT2D eigenvalue weighted by Gasteiger charge is 2.30. The molecule has 6 nitrogen and oxygen atoms in total. The van der Waals surface area contributed by atoms with Crippen molar-refractivity contribution >= 4 is 17.7 Å². The molecule has 28 heavy (non-hydrogen) atoms. The van der Waals surface area contributed by atoms with Gasteiger partial charge in [-0.05, 0) is 62.9 Å². The van der Waals surface area contributed by atoms with Gasteiger partial charge in [-0.15, -0.1) is 0 Å². The molecule has 1 aromatic heterocycles. The Morgan fingerprint density at radius 2 is 2.00 bits per heavy atom. The molecule has 0 saturated carbocycles. The van der Waals surface area contributed by atoms with Gasteiger partial charge in [-0.25, -0.2) is 4.79 Å². The van der Waals surface area contributed by atoms with Crippen molar-refractivity contribution in [1.29, 1.82) is 0 Å². The third-order valence-electron chi connectivity index (χ3n) is 4.64. The van der Waals surface area contributed by atoms with Gasteiger partial charge in [0.2, 0.25) is 0 Å². The number of rotatable bonds is 5. The molecule has 0 N–H and O–H groups in total. The molecule has 0 spiro atoms. The fourth-order valence-corrected chi connectivity index (χ4v) is 3.43. The van der Waals surface area contributed by atoms with Gasteiger partial charge in [0, 0.05) is 12.5 Å². The van der Waals surface area contributed by atoms with Gasteiger partial charge >= 0.3 is 12.1 Å². The number of benzene rings is 1. The van der Waals surface area contributed by atoms with Crippen LogP contribution in [0.2, 0.25) is 0 Å². The maximum Gasteiger partial charge on any atom is 0.414 e. The number of carbonyl (C=O) groups is 2. The fourth-order valence-electron chi connectivity index (χ4n) is 3.43. The Kier molecular flexibility index (Phi) is 5.77. The van der Waals surface area contributed by atoms with Crippen LogP contribution in [0.5, 0.6) is 0 Å². The molecule has 3 rings (SSSR count). The largest absolute Gasteiger partial charge is 0.472 e. The second-order valence-electron chi connectivity index (χ2n) is 7.89. The molecule has 0 aliphatic carbocycles. The van der Waals surface area contributed by atoms with Crippen LogP contribution in [-0.4, -0.2) is 30.8 Å². The topological polar surface area (TPSA) is 69.0 Å². The van der Waals surface area contributed by atoms with Crippen molar-refractivity contribution in [3.8, 4) is 0 Å². The highest BCUT2D eigenvalue weighted by atomic mass is 16.6. The Morgan fingerprint density at radius 3 is 2.64 bits per heavy atom. The second kappa shape index (κ2) is 8.09. The number of amides is 1. The maximum atomic E-state index is 12.5. The normalized spacial score (nSPS) is 14.5. The lowest BCUT2D eigenvalue weighted by molar-refractivity contribution is -0.143. The molecule has 1 atom stereocenters. The van der Waals surface area contributed by atoms with Crippen LogP contribution in [0.25, 0.3) is 0 Å². The summed E-state index contributed by atoms with van der Waals surface area (Å²) in [5.41, 5.74) is 3.32. The number of hydrogen-bond donors (Lipinski definition) is 0. The number of nitrogens with zero attached hydrogens (tertiary/aromatic N) is 1. The van der Waals surface area contributed by atoms with Crippen molar-refractivity contribution in [2.75, 3.05) is 18.1 Å². The van der Waals surface area contributed by atoms with Crippen molar-refractivity contribution in [3.05, 3.63) is 53.5 Å². The van der Waals surface area contributed by atoms with Gasteiger partial charge in [-0.3, -0.25) is 9.69 Å². The molecule has 1 aliphatic rings. The lowest BCUT2D eigenvalue weighted by atomic mass is 9.89. The summed E-state index contributed by atoms with van der Waals surface area (Å²) >= 11 is 0. The summed E-state index contributed by atoms with van der Waals surface area (Å²) in [7, 11) is 0. The molecule has 2 heterocycles. The van der Waals surface area contributed by atoms with E-state index in [0.717, 1.165) is 28.8 Å². The number of fused-ring (bicyclic) bond motifs is 1. The van der Waals surface area contributed by atoms with E-state index in [1.807, 2.05) is 39.0 Å². The van der Waals surface area contributed by atoms with Gasteiger partial charge in [0.05, 0.1) is 31.2 Å². The summed E-state index contributed by atoms with van der Waals surface area (Å²) in [5.74, 6) is -0.400. The van der Waals surface area contributed by atoms with Crippen LogP contribution in [0, 0.1) is 0 Å². The molecule has 150 valence electrons. The number of furan rings is 1. The Hall–Kier alpha value is -2.76. The second-order valence-corrected chi connectivity index (χ2v) is 7.89. The minimum absolute atomic E-state index is 0.154. The zero-order valence-electron chi connectivity index (χ0n) is 16.9. The summed E-state index contributed by atoms with van der Waals surface area (Å²) in [4.78, 5) is 26.3. The van der Waals surface area contributed by atoms with Crippen LogP contribution in [0.4, 0.5) is 10.5 Å². The average Bonchev–Trinajstić information content (AvgIpc) is 3.27. The average molecular weight is 385 g/mol. The number of hydrogen-bond acceptors (Lipinski definition) is 5. The Balaban J connectivity index is 1.85. The smallest absolute Gasteiger partial charge is 0.414 e. The van der Waals surface area contributed by atoms with Gasteiger partial charge in [-0.2, -0.15) is 0 Å². The van der Waals surface area contributed by atoms with E-state index in [4.69, 9.17) is 13.9 Å². The van der Waals surface area contributed by atoms with Crippen LogP contribution in [0.15, 0.2) is 41.2 Å². The zero-order valence-corrected chi connectivity index (χ0v) is 16.9. The number of esters is 1. The van der Waals surface area contributed by atoms with Gasteiger partial charge in [-0.1, -0.05) is 12.1 Å². The standard InChI is InChI=1S/C22H27NO5/c1-5-27-20(24)13-18(17-9-11-26-14-17)15-6-7-19-16(12-15)8-10-23(19)21(25)28-22(2,3)4/h6-7,9,11-12,14,18H,5,8,10,13H2,1-4H3. The summed E-state index contributed by atoms with van der Waals surface area (Å²) in [6, 6.07) is 7.82. The summed E-state index contributed by atoms with van der Waals surface area (Å²) in [6.45, 7) is 8.31. The van der Waals surface area contributed by atoms with Crippen LogP contribution >= 0.6 is 0 Å². The predicted octanol–water partition coefficient (Wildman–Crippen LogP) is 4.66. The first-order valence-corrected chi connectivity index (χ1v) is 9.59. The lowest BCUT2D eigenvalue weighted by Gasteiger charge is -2.25. The third kappa shape index (κ3) is 4.55. The minimum atomic E-state index is -0.536. The molecular weight excluding hydrogens is 358 g/mol. The van der Waals surface area contributed by atoms with Crippen LogP contribution < -0.4 is 4.90 Å². The maximum absolute atomic E-state index is 12.5. The van der Waals surface area contributed by atoms with Crippen LogP contribution in [0.3, 0.4) is 0 Å². The highest BCUT2D eigenvalue weighted by molar-refractivity contribution is 5.90. The molecule has 1 aromatic carbocycles. The molecule has 1 amide bonds. The summed E-state index contributed by atoms with van der Waals surface area (Å²) < 4.78 is 15.9. The first-order valence-electron chi connectivity index (χ1n) is 9.59. The van der Waals surface area contributed by atoms with E-state index in [1.54, 1.807) is 24.3 Å². The van der Waals surface area contributed by atoms with Crippen LogP contribution in [-0.2, 0) is 20.7 Å². The monoisotopic (exact) mass is 385 g/mol. The molecule has 0 bridgehead atoms. The van der Waals surface area contributed by atoms with Gasteiger partial charge in [0.25, 0.3) is 0 Å². The minimum Gasteiger partial charge on any atom is -0.472 e. The Morgan fingerprint density at radius 1 is 1.21 bits per heavy atom. The van der Waals surface area contributed by atoms with Crippen LogP contribution in [0.1, 0.15) is 56.7 Å². The number of ether oxygens (including phenoxy) is 2. The van der Waals surface area contributed by atoms with Crippen molar-refractivity contribution in [2.45, 2.75) is 52.1 Å². The molecule has 0 saturated heterocycles. The highest BCUT2D eigenvalue weighted by Crippen LogP contribution is 2.35. The van der Waals surface area contributed by atoms with E-state index in [0.29, 0.717) is 13.2 Å². The van der Waals surface area contributed by atoms with Gasteiger partial charge in [0.1, 0.15) is 5.60 Å².